The Hall–Kier alpha value is -3.29. The maximum Gasteiger partial charge on any atom is 0.335 e. The molecule has 7 nitrogen and oxygen atoms in total. The van der Waals surface area contributed by atoms with E-state index in [1.165, 1.54) is 6.07 Å². The molecule has 2 aromatic rings. The number of pyridine rings is 1. The van der Waals surface area contributed by atoms with Crippen molar-refractivity contribution in [2.24, 2.45) is 0 Å². The van der Waals surface area contributed by atoms with Crippen molar-refractivity contribution in [3.8, 4) is 5.75 Å². The van der Waals surface area contributed by atoms with Crippen molar-refractivity contribution in [3.63, 3.8) is 0 Å². The topological polar surface area (TPSA) is 86.7 Å². The quantitative estimate of drug-likeness (QED) is 0.645. The molecule has 0 aliphatic carbocycles. The molecule has 3 aliphatic heterocycles. The van der Waals surface area contributed by atoms with Gasteiger partial charge in [-0.15, -0.1) is 0 Å². The van der Waals surface area contributed by atoms with Gasteiger partial charge in [0.1, 0.15) is 23.1 Å². The average Bonchev–Trinajstić information content (AvgIpc) is 3.23. The minimum absolute atomic E-state index is 0.0555. The van der Waals surface area contributed by atoms with E-state index < -0.39 is 5.97 Å². The summed E-state index contributed by atoms with van der Waals surface area (Å²) >= 11 is 0. The number of carboxylic acid groups (broad SMARTS) is 1. The fourth-order valence-corrected chi connectivity index (χ4v) is 4.66. The molecule has 0 spiro atoms. The van der Waals surface area contributed by atoms with Crippen LogP contribution in [-0.2, 0) is 4.79 Å². The lowest BCUT2D eigenvalue weighted by molar-refractivity contribution is -0.132. The van der Waals surface area contributed by atoms with Crippen LogP contribution >= 0.6 is 0 Å². The number of nitrogens with one attached hydrogen (secondary N) is 2. The van der Waals surface area contributed by atoms with Gasteiger partial charge in [0.25, 0.3) is 0 Å². The number of aromatic nitrogens is 1. The van der Waals surface area contributed by atoms with Gasteiger partial charge in [0.05, 0.1) is 29.1 Å². The average molecular weight is 424 g/mol. The number of carbonyl (C=O) groups is 1. The number of halogens is 1. The van der Waals surface area contributed by atoms with Gasteiger partial charge in [-0.25, -0.2) is 14.2 Å². The SMILES string of the molecule is CC1CCNC2=C(C(=O)O)CNc3ccc(nc32)N2CCC[C@@H]2c2cc(F)ccc2O1. The molecule has 31 heavy (non-hydrogen) atoms. The predicted molar refractivity (Wildman–Crippen MR) is 116 cm³/mol. The second-order valence-electron chi connectivity index (χ2n) is 8.26. The van der Waals surface area contributed by atoms with Gasteiger partial charge < -0.3 is 25.4 Å². The van der Waals surface area contributed by atoms with Crippen LogP contribution in [0.15, 0.2) is 35.9 Å². The van der Waals surface area contributed by atoms with E-state index >= 15 is 0 Å². The minimum atomic E-state index is -0.969. The van der Waals surface area contributed by atoms with Crippen LogP contribution in [-0.4, -0.2) is 41.8 Å². The van der Waals surface area contributed by atoms with Gasteiger partial charge in [0.15, 0.2) is 0 Å². The van der Waals surface area contributed by atoms with Crippen LogP contribution in [0.5, 0.6) is 5.75 Å². The molecular formula is C23H25FN4O3. The fraction of sp³-hybridized carbons (Fsp3) is 0.391. The van der Waals surface area contributed by atoms with Gasteiger partial charge in [-0.1, -0.05) is 0 Å². The Labute approximate surface area is 179 Å². The van der Waals surface area contributed by atoms with E-state index in [2.05, 4.69) is 15.5 Å². The number of carboxylic acids is 1. The summed E-state index contributed by atoms with van der Waals surface area (Å²) in [7, 11) is 0. The molecule has 162 valence electrons. The minimum Gasteiger partial charge on any atom is -0.490 e. The number of nitrogens with zero attached hydrogens (tertiary/aromatic N) is 2. The van der Waals surface area contributed by atoms with Crippen LogP contribution in [0, 0.1) is 5.82 Å². The third-order valence-electron chi connectivity index (χ3n) is 6.19. The van der Waals surface area contributed by atoms with Gasteiger partial charge >= 0.3 is 5.97 Å². The lowest BCUT2D eigenvalue weighted by atomic mass is 10.0. The highest BCUT2D eigenvalue weighted by Crippen LogP contribution is 2.41. The standard InChI is InChI=1S/C23H25FN4O3/c1-13-8-9-25-21-16(23(29)30)12-26-17-5-7-20(27-22(17)21)28-10-2-3-18(28)15-11-14(24)4-6-19(15)31-13/h4-7,11,13,18,25-26H,2-3,8-10,12H2,1H3,(H,29,30)/t13?,18-/m1/s1. The van der Waals surface area contributed by atoms with Gasteiger partial charge in [-0.05, 0) is 50.1 Å². The van der Waals surface area contributed by atoms with Crippen molar-refractivity contribution in [3.05, 3.63) is 53.0 Å². The van der Waals surface area contributed by atoms with Gasteiger partial charge in [-0.3, -0.25) is 0 Å². The number of hydrogen-bond donors (Lipinski definition) is 3. The van der Waals surface area contributed by atoms with Crippen LogP contribution in [0.1, 0.15) is 43.5 Å². The molecule has 1 aromatic heterocycles. The zero-order valence-corrected chi connectivity index (χ0v) is 17.3. The number of anilines is 2. The predicted octanol–water partition coefficient (Wildman–Crippen LogP) is 3.54. The smallest absolute Gasteiger partial charge is 0.335 e. The Kier molecular flexibility index (Phi) is 4.92. The Morgan fingerprint density at radius 1 is 1.26 bits per heavy atom. The molecule has 2 bridgehead atoms. The molecule has 5 rings (SSSR count). The first-order valence-electron chi connectivity index (χ1n) is 10.7. The molecule has 0 saturated carbocycles. The highest BCUT2D eigenvalue weighted by Gasteiger charge is 2.32. The highest BCUT2D eigenvalue weighted by molar-refractivity contribution is 5.99. The molecule has 3 aliphatic rings. The second-order valence-corrected chi connectivity index (χ2v) is 8.26. The van der Waals surface area contributed by atoms with E-state index in [1.807, 2.05) is 19.1 Å². The Morgan fingerprint density at radius 2 is 2.13 bits per heavy atom. The largest absolute Gasteiger partial charge is 0.490 e. The van der Waals surface area contributed by atoms with E-state index in [4.69, 9.17) is 9.72 Å². The summed E-state index contributed by atoms with van der Waals surface area (Å²) in [5, 5.41) is 16.2. The first-order valence-corrected chi connectivity index (χ1v) is 10.7. The summed E-state index contributed by atoms with van der Waals surface area (Å²) in [4.78, 5) is 18.9. The third kappa shape index (κ3) is 3.56. The first-order chi connectivity index (χ1) is 15.0. The fourth-order valence-electron chi connectivity index (χ4n) is 4.66. The summed E-state index contributed by atoms with van der Waals surface area (Å²) < 4.78 is 20.4. The van der Waals surface area contributed by atoms with E-state index in [9.17, 15) is 14.3 Å². The maximum atomic E-state index is 14.2. The molecule has 1 saturated heterocycles. The van der Waals surface area contributed by atoms with Crippen LogP contribution in [0.3, 0.4) is 0 Å². The molecule has 8 heteroatoms. The Morgan fingerprint density at radius 3 is 2.97 bits per heavy atom. The third-order valence-corrected chi connectivity index (χ3v) is 6.19. The molecule has 1 unspecified atom stereocenters. The van der Waals surface area contributed by atoms with Crippen molar-refractivity contribution >= 4 is 23.2 Å². The molecule has 3 N–H and O–H groups in total. The zero-order valence-electron chi connectivity index (χ0n) is 17.3. The van der Waals surface area contributed by atoms with Crippen LogP contribution < -0.4 is 20.3 Å². The summed E-state index contributed by atoms with van der Waals surface area (Å²) in [6.07, 6.45) is 2.35. The lowest BCUT2D eigenvalue weighted by Gasteiger charge is -2.29. The zero-order chi connectivity index (χ0) is 21.5. The Balaban J connectivity index is 1.66. The van der Waals surface area contributed by atoms with Crippen LogP contribution in [0.2, 0.25) is 0 Å². The Bertz CT molecular complexity index is 1070. The number of fused-ring (bicyclic) bond motifs is 5. The van der Waals surface area contributed by atoms with Crippen molar-refractivity contribution < 1.29 is 19.0 Å². The number of rotatable bonds is 1. The normalized spacial score (nSPS) is 22.6. The monoisotopic (exact) mass is 424 g/mol. The van der Waals surface area contributed by atoms with Crippen molar-refractivity contribution in [2.75, 3.05) is 29.9 Å². The van der Waals surface area contributed by atoms with Crippen LogP contribution in [0.25, 0.3) is 5.70 Å². The molecular weight excluding hydrogens is 399 g/mol. The van der Waals surface area contributed by atoms with Gasteiger partial charge in [0, 0.05) is 31.6 Å². The maximum absolute atomic E-state index is 14.2. The number of benzene rings is 1. The van der Waals surface area contributed by atoms with Crippen molar-refractivity contribution in [2.45, 2.75) is 38.3 Å². The van der Waals surface area contributed by atoms with Gasteiger partial charge in [-0.2, -0.15) is 0 Å². The summed E-state index contributed by atoms with van der Waals surface area (Å²) in [6, 6.07) is 8.53. The highest BCUT2D eigenvalue weighted by atomic mass is 19.1. The lowest BCUT2D eigenvalue weighted by Crippen LogP contribution is -2.30. The number of aliphatic carboxylic acids is 1. The van der Waals surface area contributed by atoms with Crippen molar-refractivity contribution in [1.82, 2.24) is 10.3 Å². The molecule has 4 heterocycles. The summed E-state index contributed by atoms with van der Waals surface area (Å²) in [5.41, 5.74) is 3.06. The molecule has 0 amide bonds. The molecule has 2 atom stereocenters. The number of ether oxygens (including phenoxy) is 1. The first kappa shape index (κ1) is 19.7. The van der Waals surface area contributed by atoms with Gasteiger partial charge in [0.2, 0.25) is 0 Å². The summed E-state index contributed by atoms with van der Waals surface area (Å²) in [6.45, 7) is 3.52. The number of hydrogen-bond acceptors (Lipinski definition) is 6. The summed E-state index contributed by atoms with van der Waals surface area (Å²) in [5.74, 6) is 0.182. The molecule has 0 radical (unpaired) electrons. The van der Waals surface area contributed by atoms with E-state index in [1.54, 1.807) is 12.1 Å². The van der Waals surface area contributed by atoms with E-state index in [0.29, 0.717) is 30.1 Å². The van der Waals surface area contributed by atoms with Crippen molar-refractivity contribution in [1.29, 1.82) is 0 Å². The van der Waals surface area contributed by atoms with Crippen LogP contribution in [0.4, 0.5) is 15.9 Å². The van der Waals surface area contributed by atoms with E-state index in [0.717, 1.165) is 36.5 Å². The molecule has 1 aromatic carbocycles. The second kappa shape index (κ2) is 7.76. The van der Waals surface area contributed by atoms with E-state index in [-0.39, 0.29) is 30.1 Å². The molecule has 1 fully saturated rings.